The summed E-state index contributed by atoms with van der Waals surface area (Å²) in [5.74, 6) is 0.0104. The van der Waals surface area contributed by atoms with Crippen molar-refractivity contribution in [3.05, 3.63) is 103 Å². The Hall–Kier alpha value is -4.04. The van der Waals surface area contributed by atoms with Gasteiger partial charge in [0.2, 0.25) is 0 Å². The molecule has 1 aromatic heterocycles. The van der Waals surface area contributed by atoms with Gasteiger partial charge >= 0.3 is 0 Å². The average molecular weight is 430 g/mol. The van der Waals surface area contributed by atoms with Crippen molar-refractivity contribution in [3.63, 3.8) is 0 Å². The van der Waals surface area contributed by atoms with E-state index in [0.717, 1.165) is 0 Å². The zero-order valence-corrected chi connectivity index (χ0v) is 17.1. The zero-order valence-electron chi connectivity index (χ0n) is 16.3. The van der Waals surface area contributed by atoms with Gasteiger partial charge in [-0.2, -0.15) is 0 Å². The number of fused-ring (bicyclic) bond motifs is 1. The number of ketones is 1. The molecule has 2 N–H and O–H groups in total. The maximum atomic E-state index is 12.7. The monoisotopic (exact) mass is 430 g/mol. The topological polar surface area (TPSA) is 101 Å². The van der Waals surface area contributed by atoms with Crippen LogP contribution in [0.3, 0.4) is 0 Å². The van der Waals surface area contributed by atoms with Crippen molar-refractivity contribution >= 4 is 38.3 Å². The highest BCUT2D eigenvalue weighted by Gasteiger charge is 2.15. The summed E-state index contributed by atoms with van der Waals surface area (Å²) in [5.41, 5.74) is 2.50. The smallest absolute Gasteiger partial charge is 0.263 e. The second-order valence-corrected chi connectivity index (χ2v) is 8.26. The van der Waals surface area contributed by atoms with Crippen LogP contribution in [0.2, 0.25) is 0 Å². The van der Waals surface area contributed by atoms with Gasteiger partial charge in [0.25, 0.3) is 10.0 Å². The zero-order chi connectivity index (χ0) is 21.7. The molecule has 0 amide bonds. The van der Waals surface area contributed by atoms with Crippen LogP contribution in [0.1, 0.15) is 10.4 Å². The van der Waals surface area contributed by atoms with Crippen molar-refractivity contribution in [1.82, 2.24) is 9.97 Å². The fourth-order valence-corrected chi connectivity index (χ4v) is 3.83. The minimum absolute atomic E-state index is 0.0809. The number of rotatable bonds is 7. The number of nitrogens with one attached hydrogen (secondary N) is 2. The number of benzene rings is 3. The lowest BCUT2D eigenvalue weighted by molar-refractivity contribution is 0.104. The summed E-state index contributed by atoms with van der Waals surface area (Å²) in [6.07, 6.45) is 4.31. The van der Waals surface area contributed by atoms with Crippen molar-refractivity contribution in [2.75, 3.05) is 10.0 Å². The second-order valence-electron chi connectivity index (χ2n) is 6.58. The normalized spacial score (nSPS) is 11.5. The van der Waals surface area contributed by atoms with E-state index in [0.29, 0.717) is 22.3 Å². The van der Waals surface area contributed by atoms with Gasteiger partial charge < -0.3 is 5.32 Å². The molecule has 0 aliphatic carbocycles. The fourth-order valence-electron chi connectivity index (χ4n) is 2.85. The van der Waals surface area contributed by atoms with Crippen LogP contribution in [-0.4, -0.2) is 24.2 Å². The fraction of sp³-hybridized carbons (Fsp3) is 0. The van der Waals surface area contributed by atoms with E-state index in [9.17, 15) is 13.2 Å². The Labute approximate surface area is 179 Å². The van der Waals surface area contributed by atoms with Gasteiger partial charge in [-0.3, -0.25) is 14.5 Å². The molecule has 0 aliphatic rings. The number of sulfonamides is 1. The van der Waals surface area contributed by atoms with Gasteiger partial charge in [0.15, 0.2) is 11.6 Å². The van der Waals surface area contributed by atoms with Crippen molar-refractivity contribution in [1.29, 1.82) is 0 Å². The first kappa shape index (κ1) is 20.2. The number of anilines is 2. The average Bonchev–Trinajstić information content (AvgIpc) is 2.79. The molecule has 0 fully saturated rings. The summed E-state index contributed by atoms with van der Waals surface area (Å²) in [4.78, 5) is 20.6. The number of aromatic nitrogens is 2. The highest BCUT2D eigenvalue weighted by atomic mass is 32.2. The lowest BCUT2D eigenvalue weighted by Crippen LogP contribution is -2.14. The van der Waals surface area contributed by atoms with Gasteiger partial charge in [-0.25, -0.2) is 13.4 Å². The van der Waals surface area contributed by atoms with Crippen LogP contribution >= 0.6 is 0 Å². The van der Waals surface area contributed by atoms with Gasteiger partial charge in [0.05, 0.1) is 22.1 Å². The summed E-state index contributed by atoms with van der Waals surface area (Å²) in [6, 6.07) is 22.3. The highest BCUT2D eigenvalue weighted by Crippen LogP contribution is 2.18. The Bertz CT molecular complexity index is 1350. The maximum Gasteiger partial charge on any atom is 0.263 e. The van der Waals surface area contributed by atoms with Gasteiger partial charge in [0, 0.05) is 23.5 Å². The Balaban J connectivity index is 1.42. The first-order valence-electron chi connectivity index (χ1n) is 9.38. The molecule has 154 valence electrons. The molecule has 0 bridgehead atoms. The van der Waals surface area contributed by atoms with Crippen LogP contribution in [0.25, 0.3) is 11.0 Å². The molecule has 7 nitrogen and oxygen atoms in total. The van der Waals surface area contributed by atoms with Crippen LogP contribution in [0.5, 0.6) is 0 Å². The van der Waals surface area contributed by atoms with Gasteiger partial charge in [-0.15, -0.1) is 0 Å². The molecular weight excluding hydrogens is 412 g/mol. The van der Waals surface area contributed by atoms with E-state index < -0.39 is 10.0 Å². The van der Waals surface area contributed by atoms with Crippen LogP contribution in [-0.2, 0) is 10.0 Å². The lowest BCUT2D eigenvalue weighted by atomic mass is 10.1. The third-order valence-electron chi connectivity index (χ3n) is 4.40. The summed E-state index contributed by atoms with van der Waals surface area (Å²) < 4.78 is 27.7. The number of nitrogens with zero attached hydrogens (tertiary/aromatic N) is 2. The molecule has 3 aromatic carbocycles. The number of hydrogen-bond donors (Lipinski definition) is 2. The lowest BCUT2D eigenvalue weighted by Gasteiger charge is -2.08. The Morgan fingerprint density at radius 2 is 1.52 bits per heavy atom. The highest BCUT2D eigenvalue weighted by molar-refractivity contribution is 7.92. The van der Waals surface area contributed by atoms with Crippen LogP contribution < -0.4 is 10.0 Å². The van der Waals surface area contributed by atoms with E-state index in [2.05, 4.69) is 20.0 Å². The van der Waals surface area contributed by atoms with E-state index in [4.69, 9.17) is 0 Å². The predicted molar refractivity (Wildman–Crippen MR) is 120 cm³/mol. The molecule has 0 aliphatic heterocycles. The van der Waals surface area contributed by atoms with E-state index in [-0.39, 0.29) is 16.5 Å². The molecule has 0 unspecified atom stereocenters. The standard InChI is InChI=1S/C23H18N4O3S/c28-22(17-6-2-1-3-7-17)14-15-24-18-10-12-19(13-11-18)31(29,30)27-23-16-25-20-8-4-5-9-21(20)26-23/h1-16,24H,(H,26,27)/b15-14-. The molecule has 0 radical (unpaired) electrons. The SMILES string of the molecule is O=C(/C=C\Nc1ccc(S(=O)(=O)Nc2cnc3ccccc3n2)cc1)c1ccccc1. The summed E-state index contributed by atoms with van der Waals surface area (Å²) in [5, 5.41) is 2.95. The molecule has 0 spiro atoms. The van der Waals surface area contributed by atoms with Crippen LogP contribution in [0.4, 0.5) is 11.5 Å². The molecule has 4 aromatic rings. The first-order valence-corrected chi connectivity index (χ1v) is 10.9. The van der Waals surface area contributed by atoms with Gasteiger partial charge in [-0.05, 0) is 36.4 Å². The molecule has 0 atom stereocenters. The first-order chi connectivity index (χ1) is 15.0. The maximum absolute atomic E-state index is 12.7. The third-order valence-corrected chi connectivity index (χ3v) is 5.77. The summed E-state index contributed by atoms with van der Waals surface area (Å²) in [7, 11) is -3.82. The Morgan fingerprint density at radius 1 is 0.839 bits per heavy atom. The van der Waals surface area contributed by atoms with Crippen LogP contribution in [0.15, 0.2) is 102 Å². The number of carbonyl (C=O) groups excluding carboxylic acids is 1. The van der Waals surface area contributed by atoms with E-state index in [1.165, 1.54) is 30.6 Å². The number of carbonyl (C=O) groups is 1. The van der Waals surface area contributed by atoms with E-state index >= 15 is 0 Å². The number of hydrogen-bond acceptors (Lipinski definition) is 6. The summed E-state index contributed by atoms with van der Waals surface area (Å²) in [6.45, 7) is 0. The number of allylic oxidation sites excluding steroid dienone is 1. The second kappa shape index (κ2) is 8.76. The van der Waals surface area contributed by atoms with Crippen molar-refractivity contribution < 1.29 is 13.2 Å². The van der Waals surface area contributed by atoms with E-state index in [1.54, 1.807) is 48.5 Å². The molecule has 31 heavy (non-hydrogen) atoms. The van der Waals surface area contributed by atoms with Gasteiger partial charge in [-0.1, -0.05) is 42.5 Å². The molecule has 0 saturated heterocycles. The Morgan fingerprint density at radius 3 is 2.26 bits per heavy atom. The van der Waals surface area contributed by atoms with Crippen molar-refractivity contribution in [2.24, 2.45) is 0 Å². The van der Waals surface area contributed by atoms with Crippen molar-refractivity contribution in [2.45, 2.75) is 4.90 Å². The quantitative estimate of drug-likeness (QED) is 0.336. The molecule has 1 heterocycles. The molecule has 8 heteroatoms. The molecular formula is C23H18N4O3S. The largest absolute Gasteiger partial charge is 0.362 e. The van der Waals surface area contributed by atoms with E-state index in [1.807, 2.05) is 18.2 Å². The minimum Gasteiger partial charge on any atom is -0.362 e. The molecule has 0 saturated carbocycles. The third kappa shape index (κ3) is 4.93. The summed E-state index contributed by atoms with van der Waals surface area (Å²) >= 11 is 0. The predicted octanol–water partition coefficient (Wildman–Crippen LogP) is 4.24. The minimum atomic E-state index is -3.82. The van der Waals surface area contributed by atoms with Crippen molar-refractivity contribution in [3.8, 4) is 0 Å². The van der Waals surface area contributed by atoms with Gasteiger partial charge in [0.1, 0.15) is 0 Å². The van der Waals surface area contributed by atoms with Crippen LogP contribution in [0, 0.1) is 0 Å². The Kier molecular flexibility index (Phi) is 5.72. The molecule has 4 rings (SSSR count). The number of para-hydroxylation sites is 2.